The highest BCUT2D eigenvalue weighted by Crippen LogP contribution is 2.35. The van der Waals surface area contributed by atoms with Gasteiger partial charge in [-0.15, -0.1) is 0 Å². The topological polar surface area (TPSA) is 65.3 Å². The average molecular weight is 411 g/mol. The minimum Gasteiger partial charge on any atom is -0.439 e. The van der Waals surface area contributed by atoms with Gasteiger partial charge in [0.05, 0.1) is 11.3 Å². The van der Waals surface area contributed by atoms with E-state index in [4.69, 9.17) is 4.74 Å². The first-order valence-electron chi connectivity index (χ1n) is 10.1. The lowest BCUT2D eigenvalue weighted by Crippen LogP contribution is -2.27. The number of nitrogens with zero attached hydrogens (tertiary/aromatic N) is 2. The van der Waals surface area contributed by atoms with Gasteiger partial charge in [0.25, 0.3) is 5.56 Å². The number of aromatic nitrogens is 2. The maximum Gasteiger partial charge on any atom is 0.278 e. The van der Waals surface area contributed by atoms with Crippen LogP contribution in [0.2, 0.25) is 0 Å². The van der Waals surface area contributed by atoms with Crippen molar-refractivity contribution in [1.29, 1.82) is 0 Å². The number of para-hydroxylation sites is 2. The van der Waals surface area contributed by atoms with Crippen molar-refractivity contribution in [1.82, 2.24) is 9.36 Å². The summed E-state index contributed by atoms with van der Waals surface area (Å²) in [5, 5.41) is 2.90. The van der Waals surface area contributed by atoms with Crippen LogP contribution in [0.4, 0.5) is 5.69 Å². The molecule has 0 aliphatic carbocycles. The number of nitrogens with one attached hydrogen (secondary N) is 1. The molecule has 3 aromatic carbocycles. The van der Waals surface area contributed by atoms with E-state index in [2.05, 4.69) is 5.32 Å². The summed E-state index contributed by atoms with van der Waals surface area (Å²) < 4.78 is 9.26. The molecule has 0 fully saturated rings. The van der Waals surface area contributed by atoms with Gasteiger partial charge >= 0.3 is 0 Å². The van der Waals surface area contributed by atoms with E-state index in [9.17, 15) is 9.59 Å². The summed E-state index contributed by atoms with van der Waals surface area (Å²) in [7, 11) is 0. The fraction of sp³-hybridized carbons (Fsp3) is 0.120. The predicted octanol–water partition coefficient (Wildman–Crippen LogP) is 4.28. The molecule has 0 atom stereocenters. The van der Waals surface area contributed by atoms with Gasteiger partial charge in [-0.1, -0.05) is 54.1 Å². The minimum absolute atomic E-state index is 0.0600. The van der Waals surface area contributed by atoms with E-state index in [1.165, 1.54) is 4.68 Å². The molecule has 2 heterocycles. The van der Waals surface area contributed by atoms with E-state index >= 15 is 0 Å². The maximum atomic E-state index is 13.4. The molecule has 6 heteroatoms. The van der Waals surface area contributed by atoms with Crippen LogP contribution in [0.1, 0.15) is 16.7 Å². The van der Waals surface area contributed by atoms with E-state index in [1.807, 2.05) is 85.8 Å². The Bertz CT molecular complexity index is 1320. The van der Waals surface area contributed by atoms with Crippen LogP contribution in [0, 0.1) is 6.92 Å². The molecule has 0 radical (unpaired) electrons. The maximum absolute atomic E-state index is 13.4. The molecule has 1 aromatic heterocycles. The van der Waals surface area contributed by atoms with Crippen LogP contribution in [0.5, 0.6) is 11.6 Å². The minimum atomic E-state index is -0.242. The quantitative estimate of drug-likeness (QED) is 0.480. The summed E-state index contributed by atoms with van der Waals surface area (Å²) in [5.41, 5.74) is 3.81. The molecule has 0 bridgehead atoms. The Morgan fingerprint density at radius 3 is 2.45 bits per heavy atom. The lowest BCUT2D eigenvalue weighted by atomic mass is 10.0. The SMILES string of the molecule is Cc1ccc(NC(=O)Cn2c3c(c(=O)n2-c2ccccc2)Cc2ccccc2O3)cc1. The summed E-state index contributed by atoms with van der Waals surface area (Å²) >= 11 is 0. The molecule has 31 heavy (non-hydrogen) atoms. The molecule has 0 saturated carbocycles. The second-order valence-corrected chi connectivity index (χ2v) is 7.59. The monoisotopic (exact) mass is 411 g/mol. The fourth-order valence-electron chi connectivity index (χ4n) is 3.83. The van der Waals surface area contributed by atoms with Gasteiger partial charge < -0.3 is 10.1 Å². The number of ether oxygens (including phenoxy) is 1. The van der Waals surface area contributed by atoms with Crippen molar-refractivity contribution >= 4 is 11.6 Å². The summed E-state index contributed by atoms with van der Waals surface area (Å²) in [4.78, 5) is 26.2. The van der Waals surface area contributed by atoms with Crippen molar-refractivity contribution in [3.63, 3.8) is 0 Å². The van der Waals surface area contributed by atoms with Crippen LogP contribution in [0.3, 0.4) is 0 Å². The van der Waals surface area contributed by atoms with Gasteiger partial charge in [0.15, 0.2) is 0 Å². The van der Waals surface area contributed by atoms with Crippen molar-refractivity contribution in [2.24, 2.45) is 0 Å². The Labute approximate surface area is 179 Å². The smallest absolute Gasteiger partial charge is 0.278 e. The fourth-order valence-corrected chi connectivity index (χ4v) is 3.83. The zero-order valence-corrected chi connectivity index (χ0v) is 17.0. The molecular weight excluding hydrogens is 390 g/mol. The van der Waals surface area contributed by atoms with E-state index < -0.39 is 0 Å². The third-order valence-electron chi connectivity index (χ3n) is 5.36. The van der Waals surface area contributed by atoms with Gasteiger partial charge in [-0.2, -0.15) is 0 Å². The Morgan fingerprint density at radius 1 is 0.968 bits per heavy atom. The van der Waals surface area contributed by atoms with Crippen molar-refractivity contribution in [2.75, 3.05) is 5.32 Å². The number of rotatable bonds is 4. The van der Waals surface area contributed by atoms with Gasteiger partial charge in [-0.05, 0) is 42.8 Å². The first-order chi connectivity index (χ1) is 15.1. The summed E-state index contributed by atoms with van der Waals surface area (Å²) in [6.45, 7) is 1.93. The molecular formula is C25H21N3O3. The molecule has 1 aliphatic heterocycles. The number of hydrogen-bond acceptors (Lipinski definition) is 3. The first kappa shape index (κ1) is 18.9. The Hall–Kier alpha value is -4.06. The third kappa shape index (κ3) is 3.53. The number of fused-ring (bicyclic) bond motifs is 2. The number of amides is 1. The Kier molecular flexibility index (Phi) is 4.67. The number of carbonyl (C=O) groups is 1. The van der Waals surface area contributed by atoms with Crippen LogP contribution < -0.4 is 15.6 Å². The van der Waals surface area contributed by atoms with Gasteiger partial charge in [-0.3, -0.25) is 9.59 Å². The zero-order chi connectivity index (χ0) is 21.4. The molecule has 1 N–H and O–H groups in total. The van der Waals surface area contributed by atoms with Crippen molar-refractivity contribution < 1.29 is 9.53 Å². The Morgan fingerprint density at radius 2 is 1.68 bits per heavy atom. The summed E-state index contributed by atoms with van der Waals surface area (Å²) in [6.07, 6.45) is 0.462. The van der Waals surface area contributed by atoms with E-state index in [0.29, 0.717) is 35.0 Å². The van der Waals surface area contributed by atoms with Gasteiger partial charge in [0.2, 0.25) is 11.8 Å². The average Bonchev–Trinajstić information content (AvgIpc) is 3.05. The van der Waals surface area contributed by atoms with Crippen LogP contribution in [0.25, 0.3) is 5.69 Å². The van der Waals surface area contributed by atoms with Gasteiger partial charge in [0.1, 0.15) is 12.3 Å². The number of aryl methyl sites for hydroxylation is 1. The molecule has 154 valence electrons. The molecule has 0 unspecified atom stereocenters. The second kappa shape index (κ2) is 7.65. The largest absolute Gasteiger partial charge is 0.439 e. The van der Waals surface area contributed by atoms with E-state index in [0.717, 1.165) is 11.1 Å². The standard InChI is InChI=1S/C25H21N3O3/c1-17-11-13-19(14-12-17)26-23(29)16-27-25-21(15-18-7-5-6-10-22(18)31-25)24(30)28(27)20-8-3-2-4-9-20/h2-14H,15-16H2,1H3,(H,26,29). The van der Waals surface area contributed by atoms with E-state index in [1.54, 1.807) is 4.68 Å². The van der Waals surface area contributed by atoms with Gasteiger partial charge in [0, 0.05) is 12.1 Å². The molecule has 5 rings (SSSR count). The lowest BCUT2D eigenvalue weighted by molar-refractivity contribution is -0.117. The van der Waals surface area contributed by atoms with Gasteiger partial charge in [-0.25, -0.2) is 9.36 Å². The molecule has 6 nitrogen and oxygen atoms in total. The summed E-state index contributed by atoms with van der Waals surface area (Å²) in [5.74, 6) is 0.869. The van der Waals surface area contributed by atoms with Crippen molar-refractivity contribution in [2.45, 2.75) is 19.9 Å². The summed E-state index contributed by atoms with van der Waals surface area (Å²) in [6, 6.07) is 24.5. The second-order valence-electron chi connectivity index (χ2n) is 7.59. The molecule has 0 saturated heterocycles. The van der Waals surface area contributed by atoms with Crippen molar-refractivity contribution in [3.8, 4) is 17.3 Å². The first-order valence-corrected chi connectivity index (χ1v) is 10.1. The zero-order valence-electron chi connectivity index (χ0n) is 17.0. The predicted molar refractivity (Wildman–Crippen MR) is 119 cm³/mol. The molecule has 1 amide bonds. The van der Waals surface area contributed by atoms with Crippen LogP contribution in [0.15, 0.2) is 83.7 Å². The van der Waals surface area contributed by atoms with Crippen LogP contribution in [-0.4, -0.2) is 15.3 Å². The highest BCUT2D eigenvalue weighted by molar-refractivity contribution is 5.90. The van der Waals surface area contributed by atoms with E-state index in [-0.39, 0.29) is 18.0 Å². The Balaban J connectivity index is 1.56. The molecule has 0 spiro atoms. The number of benzene rings is 3. The lowest BCUT2D eigenvalue weighted by Gasteiger charge is -2.19. The molecule has 4 aromatic rings. The van der Waals surface area contributed by atoms with Crippen LogP contribution >= 0.6 is 0 Å². The third-order valence-corrected chi connectivity index (χ3v) is 5.36. The number of hydrogen-bond donors (Lipinski definition) is 1. The molecule has 1 aliphatic rings. The normalized spacial score (nSPS) is 11.9. The highest BCUT2D eigenvalue weighted by Gasteiger charge is 2.29. The highest BCUT2D eigenvalue weighted by atomic mass is 16.5. The number of carbonyl (C=O) groups excluding carboxylic acids is 1. The van der Waals surface area contributed by atoms with Crippen LogP contribution in [-0.2, 0) is 17.8 Å². The van der Waals surface area contributed by atoms with Crippen molar-refractivity contribution in [3.05, 3.63) is 106 Å². The number of anilines is 1.